The minimum atomic E-state index is -4.73. The number of alkyl halides is 3. The first-order valence-electron chi connectivity index (χ1n) is 15.7. The Labute approximate surface area is 275 Å². The molecule has 1 aliphatic rings. The molecule has 1 aliphatic heterocycles. The molecule has 3 heterocycles. The molecule has 0 fully saturated rings. The highest BCUT2D eigenvalue weighted by Gasteiger charge is 2.46. The highest BCUT2D eigenvalue weighted by atomic mass is 35.5. The maximum atomic E-state index is 14.5. The molecule has 0 saturated heterocycles. The van der Waals surface area contributed by atoms with Crippen LogP contribution in [0.15, 0.2) is 66.7 Å². The van der Waals surface area contributed by atoms with Crippen molar-refractivity contribution in [3.05, 3.63) is 94.4 Å². The van der Waals surface area contributed by atoms with E-state index in [2.05, 4.69) is 5.10 Å². The SMILES string of the molecule is CCOC(=O)c1c(CCCOc2cccc3ccccc23)c2ccc(Cl)c3c2n1C/C=C\COC(C(F)(F)F)c1nn(C)c(CC)c1-3. The summed E-state index contributed by atoms with van der Waals surface area (Å²) in [7, 11) is 1.61. The third-order valence-electron chi connectivity index (χ3n) is 8.46. The Balaban J connectivity index is 1.52. The third-order valence-corrected chi connectivity index (χ3v) is 8.78. The number of ether oxygens (including phenoxy) is 3. The van der Waals surface area contributed by atoms with Gasteiger partial charge in [-0.1, -0.05) is 73.1 Å². The predicted molar refractivity (Wildman–Crippen MR) is 176 cm³/mol. The second kappa shape index (κ2) is 13.4. The van der Waals surface area contributed by atoms with Crippen molar-refractivity contribution in [3.63, 3.8) is 0 Å². The number of aromatic nitrogens is 3. The molecule has 7 nitrogen and oxygen atoms in total. The zero-order valence-corrected chi connectivity index (χ0v) is 27.1. The Morgan fingerprint density at radius 2 is 1.83 bits per heavy atom. The molecule has 0 amide bonds. The van der Waals surface area contributed by atoms with Crippen molar-refractivity contribution in [3.8, 4) is 16.9 Å². The molecule has 1 unspecified atom stereocenters. The summed E-state index contributed by atoms with van der Waals surface area (Å²) in [5.41, 5.74) is 2.52. The Hall–Kier alpha value is -4.28. The molecule has 0 spiro atoms. The number of hydrogen-bond donors (Lipinski definition) is 0. The number of carbonyl (C=O) groups excluding carboxylic acids is 1. The van der Waals surface area contributed by atoms with Crippen molar-refractivity contribution in [1.82, 2.24) is 14.3 Å². The number of benzene rings is 3. The van der Waals surface area contributed by atoms with Gasteiger partial charge in [-0.05, 0) is 49.3 Å². The number of allylic oxidation sites excluding steroid dienone is 1. The molecule has 3 aromatic carbocycles. The smallest absolute Gasteiger partial charge is 0.420 e. The second-order valence-electron chi connectivity index (χ2n) is 11.3. The fourth-order valence-electron chi connectivity index (χ4n) is 6.52. The molecular weight excluding hydrogens is 631 g/mol. The summed E-state index contributed by atoms with van der Waals surface area (Å²) in [5, 5.41) is 7.37. The summed E-state index contributed by atoms with van der Waals surface area (Å²) in [6.45, 7) is 4.00. The number of carbonyl (C=O) groups is 1. The van der Waals surface area contributed by atoms with Crippen molar-refractivity contribution >= 4 is 39.2 Å². The highest BCUT2D eigenvalue weighted by molar-refractivity contribution is 6.35. The van der Waals surface area contributed by atoms with Crippen LogP contribution in [0.25, 0.3) is 32.8 Å². The van der Waals surface area contributed by atoms with Crippen molar-refractivity contribution in [2.75, 3.05) is 19.8 Å². The topological polar surface area (TPSA) is 67.5 Å². The predicted octanol–water partition coefficient (Wildman–Crippen LogP) is 8.79. The van der Waals surface area contributed by atoms with E-state index in [1.807, 2.05) is 55.5 Å². The average molecular weight is 666 g/mol. The van der Waals surface area contributed by atoms with Gasteiger partial charge < -0.3 is 18.8 Å². The Kier molecular flexibility index (Phi) is 9.34. The molecule has 11 heteroatoms. The number of aryl methyl sites for hydroxylation is 2. The molecule has 246 valence electrons. The van der Waals surface area contributed by atoms with E-state index >= 15 is 0 Å². The van der Waals surface area contributed by atoms with Crippen LogP contribution in [0.5, 0.6) is 5.75 Å². The number of rotatable bonds is 8. The first-order chi connectivity index (χ1) is 22.7. The van der Waals surface area contributed by atoms with Crippen LogP contribution < -0.4 is 4.74 Å². The largest absolute Gasteiger partial charge is 0.493 e. The van der Waals surface area contributed by atoms with E-state index in [4.69, 9.17) is 25.8 Å². The van der Waals surface area contributed by atoms with Gasteiger partial charge in [-0.25, -0.2) is 4.79 Å². The lowest BCUT2D eigenvalue weighted by Gasteiger charge is -2.20. The van der Waals surface area contributed by atoms with Crippen LogP contribution in [0, 0.1) is 0 Å². The van der Waals surface area contributed by atoms with Crippen molar-refractivity contribution in [1.29, 1.82) is 0 Å². The minimum absolute atomic E-state index is 0.154. The standard InChI is InChI=1S/C36H35ClF3N3O4/c1-4-27-30-29-26(37)18-17-25-24(15-11-21-46-28-16-10-13-22-12-6-7-14-23(22)28)33(35(44)45-5-2)43(32(25)29)19-8-9-20-47-34(36(38,39)40)31(30)41-42(27)3/h6-10,12-14,16-18,34H,4-5,11,15,19-21H2,1-3H3/b9-8-. The Bertz CT molecular complexity index is 1970. The van der Waals surface area contributed by atoms with Gasteiger partial charge in [-0.2, -0.15) is 18.3 Å². The zero-order chi connectivity index (χ0) is 33.3. The Morgan fingerprint density at radius 1 is 1.04 bits per heavy atom. The average Bonchev–Trinajstić information content (AvgIpc) is 3.52. The molecule has 0 bridgehead atoms. The fraction of sp³-hybridized carbons (Fsp3) is 0.333. The quantitative estimate of drug-likeness (QED) is 0.0942. The number of halogens is 4. The molecule has 0 saturated carbocycles. The van der Waals surface area contributed by atoms with Crippen LogP contribution in [-0.2, 0) is 35.9 Å². The van der Waals surface area contributed by atoms with Gasteiger partial charge in [0.1, 0.15) is 17.1 Å². The van der Waals surface area contributed by atoms with Crippen LogP contribution in [0.2, 0.25) is 5.02 Å². The molecule has 6 rings (SSSR count). The summed E-state index contributed by atoms with van der Waals surface area (Å²) in [5.74, 6) is 0.244. The van der Waals surface area contributed by atoms with Crippen LogP contribution in [0.3, 0.4) is 0 Å². The van der Waals surface area contributed by atoms with E-state index in [9.17, 15) is 18.0 Å². The van der Waals surface area contributed by atoms with E-state index < -0.39 is 18.2 Å². The molecule has 2 aromatic heterocycles. The van der Waals surface area contributed by atoms with Crippen LogP contribution in [0.1, 0.15) is 53.8 Å². The highest BCUT2D eigenvalue weighted by Crippen LogP contribution is 2.47. The van der Waals surface area contributed by atoms with Gasteiger partial charge in [0, 0.05) is 41.2 Å². The van der Waals surface area contributed by atoms with Crippen LogP contribution >= 0.6 is 11.6 Å². The lowest BCUT2D eigenvalue weighted by Crippen LogP contribution is -2.25. The minimum Gasteiger partial charge on any atom is -0.493 e. The number of hydrogen-bond acceptors (Lipinski definition) is 5. The molecule has 1 atom stereocenters. The first kappa shape index (κ1) is 32.7. The van der Waals surface area contributed by atoms with Gasteiger partial charge in [-0.15, -0.1) is 0 Å². The van der Waals surface area contributed by atoms with E-state index in [1.54, 1.807) is 30.7 Å². The number of nitrogens with zero attached hydrogens (tertiary/aromatic N) is 3. The number of esters is 1. The summed E-state index contributed by atoms with van der Waals surface area (Å²) >= 11 is 6.92. The van der Waals surface area contributed by atoms with Gasteiger partial charge in [0.15, 0.2) is 6.10 Å². The lowest BCUT2D eigenvalue weighted by atomic mass is 9.95. The maximum absolute atomic E-state index is 14.5. The third kappa shape index (κ3) is 6.12. The van der Waals surface area contributed by atoms with Crippen LogP contribution in [0.4, 0.5) is 13.2 Å². The van der Waals surface area contributed by atoms with E-state index in [-0.39, 0.29) is 36.0 Å². The zero-order valence-electron chi connectivity index (χ0n) is 26.4. The molecule has 0 N–H and O–H groups in total. The van der Waals surface area contributed by atoms with Crippen molar-refractivity contribution < 1.29 is 32.2 Å². The van der Waals surface area contributed by atoms with Gasteiger partial charge in [0.2, 0.25) is 0 Å². The van der Waals surface area contributed by atoms with Crippen LogP contribution in [-0.4, -0.2) is 46.3 Å². The monoisotopic (exact) mass is 665 g/mol. The van der Waals surface area contributed by atoms with Crippen molar-refractivity contribution in [2.45, 2.75) is 51.9 Å². The molecule has 0 radical (unpaired) electrons. The second-order valence-corrected chi connectivity index (χ2v) is 11.7. The van der Waals surface area contributed by atoms with Gasteiger partial charge in [0.25, 0.3) is 0 Å². The fourth-order valence-corrected chi connectivity index (χ4v) is 6.77. The van der Waals surface area contributed by atoms with Gasteiger partial charge >= 0.3 is 12.1 Å². The summed E-state index contributed by atoms with van der Waals surface area (Å²) < 4.78 is 64.0. The number of fused-ring (bicyclic) bond motifs is 3. The normalized spacial score (nSPS) is 15.8. The van der Waals surface area contributed by atoms with E-state index in [0.29, 0.717) is 53.7 Å². The summed E-state index contributed by atoms with van der Waals surface area (Å²) in [6, 6.07) is 17.4. The van der Waals surface area contributed by atoms with Gasteiger partial charge in [0.05, 0.1) is 30.4 Å². The maximum Gasteiger partial charge on any atom is 0.420 e. The Morgan fingerprint density at radius 3 is 2.60 bits per heavy atom. The summed E-state index contributed by atoms with van der Waals surface area (Å²) in [6.07, 6.45) is -2.40. The first-order valence-corrected chi connectivity index (χ1v) is 16.0. The van der Waals surface area contributed by atoms with E-state index in [0.717, 1.165) is 22.1 Å². The lowest BCUT2D eigenvalue weighted by molar-refractivity contribution is -0.221. The molecule has 0 aliphatic carbocycles. The van der Waals surface area contributed by atoms with Gasteiger partial charge in [-0.3, -0.25) is 4.68 Å². The molecule has 5 aromatic rings. The summed E-state index contributed by atoms with van der Waals surface area (Å²) in [4.78, 5) is 13.7. The van der Waals surface area contributed by atoms with E-state index in [1.165, 1.54) is 10.8 Å². The molecule has 47 heavy (non-hydrogen) atoms. The molecular formula is C36H35ClF3N3O4. The van der Waals surface area contributed by atoms with Crippen molar-refractivity contribution in [2.24, 2.45) is 7.05 Å².